The summed E-state index contributed by atoms with van der Waals surface area (Å²) in [6.45, 7) is 2.11. The van der Waals surface area contributed by atoms with E-state index in [-0.39, 0.29) is 11.9 Å². The van der Waals surface area contributed by atoms with Crippen molar-refractivity contribution in [3.05, 3.63) is 59.7 Å². The number of benzene rings is 2. The lowest BCUT2D eigenvalue weighted by atomic mass is 10.1. The van der Waals surface area contributed by atoms with Gasteiger partial charge in [-0.3, -0.25) is 4.79 Å². The van der Waals surface area contributed by atoms with Gasteiger partial charge in [-0.15, -0.1) is 11.8 Å². The molecule has 1 aliphatic heterocycles. The van der Waals surface area contributed by atoms with Gasteiger partial charge in [0.05, 0.1) is 5.56 Å². The minimum atomic E-state index is 0.104. The lowest BCUT2D eigenvalue weighted by molar-refractivity contribution is 0.0978. The second-order valence-corrected chi connectivity index (χ2v) is 5.91. The van der Waals surface area contributed by atoms with E-state index < -0.39 is 0 Å². The zero-order valence-electron chi connectivity index (χ0n) is 11.7. The molecular formula is C17H17NOS. The highest BCUT2D eigenvalue weighted by molar-refractivity contribution is 7.98. The van der Waals surface area contributed by atoms with Crippen LogP contribution in [0.2, 0.25) is 0 Å². The van der Waals surface area contributed by atoms with Crippen molar-refractivity contribution >= 4 is 23.4 Å². The maximum Gasteiger partial charge on any atom is 0.259 e. The van der Waals surface area contributed by atoms with Crippen LogP contribution in [0.25, 0.3) is 0 Å². The molecular weight excluding hydrogens is 266 g/mol. The molecule has 1 aliphatic rings. The molecule has 0 saturated heterocycles. The summed E-state index contributed by atoms with van der Waals surface area (Å²) in [6, 6.07) is 16.2. The van der Waals surface area contributed by atoms with Crippen molar-refractivity contribution in [2.75, 3.05) is 11.2 Å². The first-order valence-electron chi connectivity index (χ1n) is 6.77. The Hall–Kier alpha value is -1.74. The van der Waals surface area contributed by atoms with Crippen molar-refractivity contribution in [2.45, 2.75) is 24.3 Å². The Bertz CT molecular complexity index is 653. The molecule has 0 spiro atoms. The van der Waals surface area contributed by atoms with Crippen LogP contribution in [0, 0.1) is 0 Å². The molecule has 20 heavy (non-hydrogen) atoms. The van der Waals surface area contributed by atoms with Crippen LogP contribution < -0.4 is 4.90 Å². The van der Waals surface area contributed by atoms with Crippen LogP contribution in [0.5, 0.6) is 0 Å². The minimum absolute atomic E-state index is 0.104. The van der Waals surface area contributed by atoms with E-state index in [9.17, 15) is 4.79 Å². The third-order valence-corrected chi connectivity index (χ3v) is 4.56. The lowest BCUT2D eigenvalue weighted by Gasteiger charge is -2.23. The standard InChI is InChI=1S/C17H17NOS/c1-12-11-13-7-3-5-9-15(13)18(12)17(19)14-8-4-6-10-16(14)20-2/h3-10,12H,11H2,1-2H3. The zero-order chi connectivity index (χ0) is 14.1. The Morgan fingerprint density at radius 1 is 1.15 bits per heavy atom. The average Bonchev–Trinajstić information content (AvgIpc) is 2.82. The van der Waals surface area contributed by atoms with Gasteiger partial charge in [0.1, 0.15) is 0 Å². The summed E-state index contributed by atoms with van der Waals surface area (Å²) < 4.78 is 0. The van der Waals surface area contributed by atoms with E-state index >= 15 is 0 Å². The van der Waals surface area contributed by atoms with Gasteiger partial charge in [0.2, 0.25) is 0 Å². The first kappa shape index (κ1) is 13.3. The van der Waals surface area contributed by atoms with Crippen LogP contribution in [0.1, 0.15) is 22.8 Å². The van der Waals surface area contributed by atoms with Crippen LogP contribution in [0.4, 0.5) is 5.69 Å². The third-order valence-electron chi connectivity index (χ3n) is 3.76. The number of para-hydroxylation sites is 1. The van der Waals surface area contributed by atoms with E-state index in [1.54, 1.807) is 11.8 Å². The van der Waals surface area contributed by atoms with E-state index in [4.69, 9.17) is 0 Å². The van der Waals surface area contributed by atoms with Crippen LogP contribution in [0.15, 0.2) is 53.4 Å². The largest absolute Gasteiger partial charge is 0.305 e. The number of amides is 1. The number of thioether (sulfide) groups is 1. The molecule has 0 bridgehead atoms. The summed E-state index contributed by atoms with van der Waals surface area (Å²) in [5.74, 6) is 0.104. The number of carbonyl (C=O) groups excluding carboxylic acids is 1. The Kier molecular flexibility index (Phi) is 3.53. The molecule has 0 N–H and O–H groups in total. The Balaban J connectivity index is 2.03. The molecule has 0 saturated carbocycles. The number of hydrogen-bond acceptors (Lipinski definition) is 2. The predicted octanol–water partition coefficient (Wildman–Crippen LogP) is 4.00. The second-order valence-electron chi connectivity index (χ2n) is 5.06. The molecule has 0 aromatic heterocycles. The fourth-order valence-electron chi connectivity index (χ4n) is 2.83. The van der Waals surface area contributed by atoms with Gasteiger partial charge < -0.3 is 4.90 Å². The molecule has 1 unspecified atom stereocenters. The highest BCUT2D eigenvalue weighted by atomic mass is 32.2. The highest BCUT2D eigenvalue weighted by Gasteiger charge is 2.31. The summed E-state index contributed by atoms with van der Waals surface area (Å²) in [6.07, 6.45) is 2.94. The van der Waals surface area contributed by atoms with Gasteiger partial charge in [-0.25, -0.2) is 0 Å². The van der Waals surface area contributed by atoms with E-state index in [1.807, 2.05) is 53.6 Å². The number of nitrogens with zero attached hydrogens (tertiary/aromatic N) is 1. The summed E-state index contributed by atoms with van der Waals surface area (Å²) >= 11 is 1.62. The number of rotatable bonds is 2. The molecule has 0 aliphatic carbocycles. The second kappa shape index (κ2) is 5.33. The van der Waals surface area contributed by atoms with Crippen molar-refractivity contribution in [1.82, 2.24) is 0 Å². The van der Waals surface area contributed by atoms with Gasteiger partial charge in [0.25, 0.3) is 5.91 Å². The van der Waals surface area contributed by atoms with Crippen molar-refractivity contribution < 1.29 is 4.79 Å². The molecule has 1 atom stereocenters. The first-order chi connectivity index (χ1) is 9.72. The zero-order valence-corrected chi connectivity index (χ0v) is 12.5. The molecule has 102 valence electrons. The summed E-state index contributed by atoms with van der Waals surface area (Å²) in [5.41, 5.74) is 3.11. The predicted molar refractivity (Wildman–Crippen MR) is 84.6 cm³/mol. The molecule has 0 radical (unpaired) electrons. The molecule has 0 fully saturated rings. The molecule has 1 heterocycles. The quantitative estimate of drug-likeness (QED) is 0.776. The van der Waals surface area contributed by atoms with Crippen LogP contribution >= 0.6 is 11.8 Å². The first-order valence-corrected chi connectivity index (χ1v) is 7.99. The number of hydrogen-bond donors (Lipinski definition) is 0. The topological polar surface area (TPSA) is 20.3 Å². The Labute approximate surface area is 123 Å². The van der Waals surface area contributed by atoms with Crippen molar-refractivity contribution in [1.29, 1.82) is 0 Å². The van der Waals surface area contributed by atoms with Gasteiger partial charge in [0.15, 0.2) is 0 Å². The van der Waals surface area contributed by atoms with Crippen molar-refractivity contribution in [2.24, 2.45) is 0 Å². The average molecular weight is 283 g/mol. The fraction of sp³-hybridized carbons (Fsp3) is 0.235. The molecule has 3 heteroatoms. The smallest absolute Gasteiger partial charge is 0.259 e. The van der Waals surface area contributed by atoms with Crippen molar-refractivity contribution in [3.63, 3.8) is 0 Å². The van der Waals surface area contributed by atoms with Crippen LogP contribution in [0.3, 0.4) is 0 Å². The van der Waals surface area contributed by atoms with E-state index in [0.717, 1.165) is 22.6 Å². The Morgan fingerprint density at radius 3 is 2.65 bits per heavy atom. The van der Waals surface area contributed by atoms with Crippen molar-refractivity contribution in [3.8, 4) is 0 Å². The molecule has 2 nitrogen and oxygen atoms in total. The SMILES string of the molecule is CSc1ccccc1C(=O)N1c2ccccc2CC1C. The van der Waals surface area contributed by atoms with E-state index in [1.165, 1.54) is 5.56 Å². The van der Waals surface area contributed by atoms with Crippen LogP contribution in [-0.2, 0) is 6.42 Å². The summed E-state index contributed by atoms with van der Waals surface area (Å²) in [7, 11) is 0. The lowest BCUT2D eigenvalue weighted by Crippen LogP contribution is -2.36. The van der Waals surface area contributed by atoms with Gasteiger partial charge in [-0.05, 0) is 43.4 Å². The van der Waals surface area contributed by atoms with E-state index in [0.29, 0.717) is 0 Å². The third kappa shape index (κ3) is 2.12. The summed E-state index contributed by atoms with van der Waals surface area (Å²) in [4.78, 5) is 15.9. The fourth-order valence-corrected chi connectivity index (χ4v) is 3.42. The normalized spacial score (nSPS) is 17.1. The molecule has 2 aromatic rings. The Morgan fingerprint density at radius 2 is 1.85 bits per heavy atom. The van der Waals surface area contributed by atoms with Gasteiger partial charge in [-0.2, -0.15) is 0 Å². The van der Waals surface area contributed by atoms with E-state index in [2.05, 4.69) is 13.0 Å². The number of fused-ring (bicyclic) bond motifs is 1. The van der Waals surface area contributed by atoms with Gasteiger partial charge >= 0.3 is 0 Å². The maximum absolute atomic E-state index is 12.9. The molecule has 3 rings (SSSR count). The maximum atomic E-state index is 12.9. The van der Waals surface area contributed by atoms with Gasteiger partial charge in [-0.1, -0.05) is 30.3 Å². The van der Waals surface area contributed by atoms with Crippen LogP contribution in [-0.4, -0.2) is 18.2 Å². The molecule has 1 amide bonds. The summed E-state index contributed by atoms with van der Waals surface area (Å²) in [5, 5.41) is 0. The minimum Gasteiger partial charge on any atom is -0.305 e. The number of carbonyl (C=O) groups is 1. The highest BCUT2D eigenvalue weighted by Crippen LogP contribution is 2.34. The van der Waals surface area contributed by atoms with Gasteiger partial charge in [0, 0.05) is 16.6 Å². The number of anilines is 1. The molecule has 2 aromatic carbocycles. The monoisotopic (exact) mass is 283 g/mol.